The number of nitrogens with one attached hydrogen (secondary N) is 1. The minimum atomic E-state index is -0.607. The molecule has 1 aliphatic carbocycles. The molecule has 3 N–H and O–H groups in total. The number of halogens is 2. The Bertz CT molecular complexity index is 626. The van der Waals surface area contributed by atoms with Gasteiger partial charge in [-0.1, -0.05) is 23.7 Å². The van der Waals surface area contributed by atoms with Crippen LogP contribution in [0.25, 0.3) is 0 Å². The van der Waals surface area contributed by atoms with Crippen LogP contribution in [0.4, 0.5) is 4.39 Å². The molecule has 26 heavy (non-hydrogen) atoms. The fourth-order valence-corrected chi connectivity index (χ4v) is 4.62. The van der Waals surface area contributed by atoms with Gasteiger partial charge in [0.05, 0.1) is 5.02 Å². The van der Waals surface area contributed by atoms with Crippen LogP contribution in [0, 0.1) is 11.7 Å². The topological polar surface area (TPSA) is 64.4 Å². The number of hydrogen-bond acceptors (Lipinski definition) is 3. The van der Waals surface area contributed by atoms with E-state index in [-0.39, 0.29) is 16.7 Å². The maximum Gasteiger partial charge on any atom is 0.237 e. The average Bonchev–Trinajstić information content (AvgIpc) is 2.65. The van der Waals surface area contributed by atoms with Crippen molar-refractivity contribution in [3.8, 4) is 0 Å². The molecule has 4 nitrogen and oxygen atoms in total. The van der Waals surface area contributed by atoms with Crippen LogP contribution in [-0.2, 0) is 9.53 Å². The molecule has 1 saturated heterocycles. The van der Waals surface area contributed by atoms with E-state index in [0.717, 1.165) is 44.2 Å². The normalized spacial score (nSPS) is 25.8. The Morgan fingerprint density at radius 3 is 2.62 bits per heavy atom. The van der Waals surface area contributed by atoms with Crippen molar-refractivity contribution in [3.05, 3.63) is 34.6 Å². The molecule has 1 amide bonds. The predicted molar refractivity (Wildman–Crippen MR) is 101 cm³/mol. The van der Waals surface area contributed by atoms with E-state index in [0.29, 0.717) is 37.9 Å². The van der Waals surface area contributed by atoms with Crippen LogP contribution in [0.2, 0.25) is 5.02 Å². The van der Waals surface area contributed by atoms with E-state index in [1.54, 1.807) is 6.07 Å². The van der Waals surface area contributed by atoms with Crippen LogP contribution >= 0.6 is 11.6 Å². The van der Waals surface area contributed by atoms with Gasteiger partial charge in [0, 0.05) is 13.2 Å². The lowest BCUT2D eigenvalue weighted by Crippen LogP contribution is -2.58. The summed E-state index contributed by atoms with van der Waals surface area (Å²) in [6, 6.07) is 5.09. The van der Waals surface area contributed by atoms with E-state index >= 15 is 0 Å². The quantitative estimate of drug-likeness (QED) is 0.787. The van der Waals surface area contributed by atoms with Crippen molar-refractivity contribution in [2.75, 3.05) is 19.8 Å². The van der Waals surface area contributed by atoms with E-state index < -0.39 is 5.54 Å². The van der Waals surface area contributed by atoms with Gasteiger partial charge in [0.2, 0.25) is 5.91 Å². The molecular weight excluding hydrogens is 355 g/mol. The molecular formula is C20H28ClFN2O2. The highest BCUT2D eigenvalue weighted by Gasteiger charge is 2.38. The summed E-state index contributed by atoms with van der Waals surface area (Å²) in [6.45, 7) is 1.95. The van der Waals surface area contributed by atoms with Gasteiger partial charge in [0.25, 0.3) is 0 Å². The summed E-state index contributed by atoms with van der Waals surface area (Å²) >= 11 is 6.14. The lowest BCUT2D eigenvalue weighted by Gasteiger charge is -2.36. The Labute approximate surface area is 159 Å². The Morgan fingerprint density at radius 1 is 1.27 bits per heavy atom. The molecule has 2 aliphatic rings. The molecule has 0 atom stereocenters. The Balaban J connectivity index is 1.47. The Kier molecular flexibility index (Phi) is 6.54. The third-order valence-corrected chi connectivity index (χ3v) is 6.50. The zero-order valence-corrected chi connectivity index (χ0v) is 15.9. The largest absolute Gasteiger partial charge is 0.381 e. The third kappa shape index (κ3) is 4.38. The van der Waals surface area contributed by atoms with Gasteiger partial charge in [-0.05, 0) is 75.0 Å². The summed E-state index contributed by atoms with van der Waals surface area (Å²) < 4.78 is 19.0. The van der Waals surface area contributed by atoms with E-state index in [2.05, 4.69) is 5.32 Å². The van der Waals surface area contributed by atoms with E-state index in [1.807, 2.05) is 6.07 Å². The molecule has 0 spiro atoms. The maximum absolute atomic E-state index is 13.7. The van der Waals surface area contributed by atoms with E-state index in [9.17, 15) is 9.18 Å². The average molecular weight is 383 g/mol. The maximum atomic E-state index is 13.7. The molecule has 1 heterocycles. The fourth-order valence-electron chi connectivity index (χ4n) is 4.34. The molecule has 1 aromatic rings. The minimum absolute atomic E-state index is 0.273. The Morgan fingerprint density at radius 2 is 1.96 bits per heavy atom. The van der Waals surface area contributed by atoms with Gasteiger partial charge in [-0.25, -0.2) is 4.39 Å². The van der Waals surface area contributed by atoms with Crippen molar-refractivity contribution in [1.82, 2.24) is 5.32 Å². The van der Waals surface area contributed by atoms with Gasteiger partial charge in [0.15, 0.2) is 0 Å². The summed E-state index contributed by atoms with van der Waals surface area (Å²) in [5, 5.41) is 3.69. The predicted octanol–water partition coefficient (Wildman–Crippen LogP) is 3.77. The lowest BCUT2D eigenvalue weighted by molar-refractivity contribution is -0.128. The monoisotopic (exact) mass is 382 g/mol. The first-order valence-electron chi connectivity index (χ1n) is 9.58. The van der Waals surface area contributed by atoms with Crippen molar-refractivity contribution in [1.29, 1.82) is 0 Å². The van der Waals surface area contributed by atoms with Gasteiger partial charge in [-0.2, -0.15) is 0 Å². The Hall–Kier alpha value is -1.17. The molecule has 144 valence electrons. The second-order valence-electron chi connectivity index (χ2n) is 7.63. The van der Waals surface area contributed by atoms with Gasteiger partial charge >= 0.3 is 0 Å². The molecule has 2 fully saturated rings. The molecule has 0 radical (unpaired) electrons. The van der Waals surface area contributed by atoms with Crippen LogP contribution in [-0.4, -0.2) is 31.2 Å². The summed E-state index contributed by atoms with van der Waals surface area (Å²) in [7, 11) is 0. The van der Waals surface area contributed by atoms with Gasteiger partial charge < -0.3 is 15.8 Å². The first-order valence-corrected chi connectivity index (χ1v) is 9.96. The highest BCUT2D eigenvalue weighted by atomic mass is 35.5. The van der Waals surface area contributed by atoms with E-state index in [4.69, 9.17) is 22.1 Å². The summed E-state index contributed by atoms with van der Waals surface area (Å²) in [6.07, 6.45) is 6.59. The molecule has 6 heteroatoms. The van der Waals surface area contributed by atoms with Gasteiger partial charge in [0.1, 0.15) is 11.4 Å². The second kappa shape index (κ2) is 8.68. The van der Waals surface area contributed by atoms with Crippen molar-refractivity contribution in [2.24, 2.45) is 11.7 Å². The third-order valence-electron chi connectivity index (χ3n) is 6.10. The number of hydrogen-bond donors (Lipinski definition) is 2. The number of carbonyl (C=O) groups excluding carboxylic acids is 1. The zero-order chi connectivity index (χ0) is 18.6. The van der Waals surface area contributed by atoms with Crippen LogP contribution in [0.15, 0.2) is 18.2 Å². The molecule has 3 rings (SSSR count). The molecule has 0 unspecified atom stereocenters. The summed E-state index contributed by atoms with van der Waals surface area (Å²) in [5.74, 6) is 0.361. The zero-order valence-electron chi connectivity index (χ0n) is 15.1. The van der Waals surface area contributed by atoms with Crippen molar-refractivity contribution in [2.45, 2.75) is 56.4 Å². The fraction of sp³-hybridized carbons (Fsp3) is 0.650. The molecule has 1 saturated carbocycles. The first-order chi connectivity index (χ1) is 12.5. The number of rotatable bonds is 6. The molecule has 0 bridgehead atoms. The highest BCUT2D eigenvalue weighted by molar-refractivity contribution is 6.31. The molecule has 1 aromatic carbocycles. The van der Waals surface area contributed by atoms with E-state index in [1.165, 1.54) is 6.07 Å². The SMILES string of the molecule is NC(=O)C1(NCC[C@H]2CC[C@H](c3cccc(F)c3Cl)CC2)CCOCC1. The summed E-state index contributed by atoms with van der Waals surface area (Å²) in [4.78, 5) is 11.9. The molecule has 0 aromatic heterocycles. The first kappa shape index (κ1) is 19.6. The highest BCUT2D eigenvalue weighted by Crippen LogP contribution is 2.40. The smallest absolute Gasteiger partial charge is 0.237 e. The standard InChI is InChI=1S/C20H28ClFN2O2/c21-18-16(2-1-3-17(18)22)15-6-4-14(5-7-15)8-11-24-20(19(23)25)9-12-26-13-10-20/h1-3,14-15,24H,4-13H2,(H2,23,25)/t14-,15-. The lowest BCUT2D eigenvalue weighted by atomic mass is 9.77. The van der Waals surface area contributed by atoms with Crippen molar-refractivity contribution < 1.29 is 13.9 Å². The van der Waals surface area contributed by atoms with Crippen LogP contribution < -0.4 is 11.1 Å². The van der Waals surface area contributed by atoms with Crippen LogP contribution in [0.3, 0.4) is 0 Å². The van der Waals surface area contributed by atoms with Crippen molar-refractivity contribution in [3.63, 3.8) is 0 Å². The van der Waals surface area contributed by atoms with Crippen LogP contribution in [0.1, 0.15) is 56.4 Å². The van der Waals surface area contributed by atoms with Crippen LogP contribution in [0.5, 0.6) is 0 Å². The number of amides is 1. The van der Waals surface area contributed by atoms with Crippen molar-refractivity contribution >= 4 is 17.5 Å². The minimum Gasteiger partial charge on any atom is -0.381 e. The molecule has 1 aliphatic heterocycles. The number of benzene rings is 1. The van der Waals surface area contributed by atoms with Gasteiger partial charge in [-0.3, -0.25) is 4.79 Å². The van der Waals surface area contributed by atoms with Gasteiger partial charge in [-0.15, -0.1) is 0 Å². The summed E-state index contributed by atoms with van der Waals surface area (Å²) in [5.41, 5.74) is 5.97. The number of primary amides is 1. The second-order valence-corrected chi connectivity index (χ2v) is 8.01. The number of carbonyl (C=O) groups is 1. The number of ether oxygens (including phenoxy) is 1. The number of nitrogens with two attached hydrogens (primary N) is 1.